The SMILES string of the molecule is Cn1nccc1N1CCCC(N(CC2CC2)S(C)(=O)=O)C1=O. The first-order valence-corrected chi connectivity index (χ1v) is 9.49. The van der Waals surface area contributed by atoms with Crippen molar-refractivity contribution in [3.05, 3.63) is 12.3 Å². The standard InChI is InChI=1S/C14H22N4O3S/c1-16-13(7-8-15-16)17-9-3-4-12(14(17)19)18(22(2,20)21)10-11-5-6-11/h7-8,11-12H,3-6,9-10H2,1-2H3. The fourth-order valence-electron chi connectivity index (χ4n) is 3.03. The van der Waals surface area contributed by atoms with Crippen molar-refractivity contribution in [2.45, 2.75) is 31.7 Å². The molecule has 7 nitrogen and oxygen atoms in total. The zero-order valence-corrected chi connectivity index (χ0v) is 13.8. The molecule has 22 heavy (non-hydrogen) atoms. The Morgan fingerprint density at radius 2 is 2.09 bits per heavy atom. The summed E-state index contributed by atoms with van der Waals surface area (Å²) in [6.45, 7) is 1.07. The van der Waals surface area contributed by atoms with Gasteiger partial charge in [0.15, 0.2) is 0 Å². The second-order valence-electron chi connectivity index (χ2n) is 6.24. The summed E-state index contributed by atoms with van der Waals surface area (Å²) in [6.07, 6.45) is 6.33. The molecule has 8 heteroatoms. The van der Waals surface area contributed by atoms with E-state index in [4.69, 9.17) is 0 Å². The van der Waals surface area contributed by atoms with Crippen molar-refractivity contribution < 1.29 is 13.2 Å². The van der Waals surface area contributed by atoms with Crippen LogP contribution in [0.3, 0.4) is 0 Å². The van der Waals surface area contributed by atoms with Gasteiger partial charge in [-0.15, -0.1) is 0 Å². The van der Waals surface area contributed by atoms with Gasteiger partial charge < -0.3 is 0 Å². The summed E-state index contributed by atoms with van der Waals surface area (Å²) in [5.41, 5.74) is 0. The summed E-state index contributed by atoms with van der Waals surface area (Å²) in [6, 6.07) is 1.20. The highest BCUT2D eigenvalue weighted by atomic mass is 32.2. The molecule has 0 aromatic carbocycles. The van der Waals surface area contributed by atoms with Crippen LogP contribution < -0.4 is 4.90 Å². The lowest BCUT2D eigenvalue weighted by Crippen LogP contribution is -2.55. The lowest BCUT2D eigenvalue weighted by Gasteiger charge is -2.37. The number of sulfonamides is 1. The Labute approximate surface area is 130 Å². The first-order valence-electron chi connectivity index (χ1n) is 7.64. The van der Waals surface area contributed by atoms with Gasteiger partial charge in [-0.1, -0.05) is 0 Å². The van der Waals surface area contributed by atoms with Crippen LogP contribution in [0, 0.1) is 5.92 Å². The first-order chi connectivity index (χ1) is 10.4. The minimum Gasteiger partial charge on any atom is -0.296 e. The number of nitrogens with zero attached hydrogens (tertiary/aromatic N) is 4. The molecule has 1 aliphatic carbocycles. The van der Waals surface area contributed by atoms with Gasteiger partial charge in [0.1, 0.15) is 11.9 Å². The Morgan fingerprint density at radius 1 is 1.36 bits per heavy atom. The van der Waals surface area contributed by atoms with Crippen molar-refractivity contribution in [1.82, 2.24) is 14.1 Å². The largest absolute Gasteiger partial charge is 0.296 e. The molecule has 0 radical (unpaired) electrons. The van der Waals surface area contributed by atoms with Crippen LogP contribution in [0.4, 0.5) is 5.82 Å². The van der Waals surface area contributed by atoms with E-state index in [2.05, 4.69) is 5.10 Å². The number of piperidine rings is 1. The number of carbonyl (C=O) groups is 1. The van der Waals surface area contributed by atoms with Crippen molar-refractivity contribution in [3.8, 4) is 0 Å². The second-order valence-corrected chi connectivity index (χ2v) is 8.17. The Balaban J connectivity index is 1.85. The average Bonchev–Trinajstić information content (AvgIpc) is 3.17. The molecule has 1 aromatic heterocycles. The van der Waals surface area contributed by atoms with Crippen molar-refractivity contribution in [2.24, 2.45) is 13.0 Å². The molecule has 0 spiro atoms. The minimum atomic E-state index is -3.39. The van der Waals surface area contributed by atoms with E-state index in [-0.39, 0.29) is 5.91 Å². The molecule has 3 rings (SSSR count). The molecule has 0 N–H and O–H groups in total. The Hall–Kier alpha value is -1.41. The van der Waals surface area contributed by atoms with Gasteiger partial charge in [0.05, 0.1) is 12.5 Å². The molecular weight excluding hydrogens is 304 g/mol. The van der Waals surface area contributed by atoms with E-state index in [0.717, 1.165) is 25.1 Å². The third-order valence-electron chi connectivity index (χ3n) is 4.39. The topological polar surface area (TPSA) is 75.5 Å². The third kappa shape index (κ3) is 3.03. The molecule has 1 atom stereocenters. The van der Waals surface area contributed by atoms with Gasteiger partial charge in [0.25, 0.3) is 0 Å². The highest BCUT2D eigenvalue weighted by Crippen LogP contribution is 2.33. The Morgan fingerprint density at radius 3 is 2.64 bits per heavy atom. The summed E-state index contributed by atoms with van der Waals surface area (Å²) >= 11 is 0. The molecule has 122 valence electrons. The van der Waals surface area contributed by atoms with E-state index >= 15 is 0 Å². The number of aromatic nitrogens is 2. The smallest absolute Gasteiger partial charge is 0.246 e. The molecule has 1 aromatic rings. The van der Waals surface area contributed by atoms with E-state index in [1.165, 1.54) is 10.6 Å². The monoisotopic (exact) mass is 326 g/mol. The summed E-state index contributed by atoms with van der Waals surface area (Å²) < 4.78 is 27.3. The van der Waals surface area contributed by atoms with Gasteiger partial charge in [-0.25, -0.2) is 8.42 Å². The number of hydrogen-bond donors (Lipinski definition) is 0. The van der Waals surface area contributed by atoms with Gasteiger partial charge in [-0.2, -0.15) is 9.40 Å². The fraction of sp³-hybridized carbons (Fsp3) is 0.714. The highest BCUT2D eigenvalue weighted by molar-refractivity contribution is 7.88. The van der Waals surface area contributed by atoms with Crippen LogP contribution in [-0.2, 0) is 21.9 Å². The van der Waals surface area contributed by atoms with Crippen molar-refractivity contribution in [1.29, 1.82) is 0 Å². The zero-order chi connectivity index (χ0) is 15.9. The normalized spacial score (nSPS) is 23.3. The molecule has 1 aliphatic heterocycles. The number of carbonyl (C=O) groups excluding carboxylic acids is 1. The molecular formula is C14H22N4O3S. The number of rotatable bonds is 5. The lowest BCUT2D eigenvalue weighted by molar-refractivity contribution is -0.123. The maximum Gasteiger partial charge on any atom is 0.246 e. The van der Waals surface area contributed by atoms with Gasteiger partial charge in [0, 0.05) is 26.2 Å². The van der Waals surface area contributed by atoms with Crippen molar-refractivity contribution in [3.63, 3.8) is 0 Å². The van der Waals surface area contributed by atoms with E-state index in [1.807, 2.05) is 0 Å². The van der Waals surface area contributed by atoms with Crippen LogP contribution in [0.2, 0.25) is 0 Å². The Kier molecular flexibility index (Phi) is 3.98. The van der Waals surface area contributed by atoms with Gasteiger partial charge in [0.2, 0.25) is 15.9 Å². The minimum absolute atomic E-state index is 0.138. The molecule has 1 unspecified atom stereocenters. The van der Waals surface area contributed by atoms with Crippen LogP contribution >= 0.6 is 0 Å². The quantitative estimate of drug-likeness (QED) is 0.793. The maximum atomic E-state index is 12.8. The van der Waals surface area contributed by atoms with E-state index < -0.39 is 16.1 Å². The number of anilines is 1. The summed E-state index contributed by atoms with van der Waals surface area (Å²) in [5.74, 6) is 0.991. The van der Waals surface area contributed by atoms with Gasteiger partial charge >= 0.3 is 0 Å². The zero-order valence-electron chi connectivity index (χ0n) is 13.0. The first kappa shape index (κ1) is 15.5. The number of hydrogen-bond acceptors (Lipinski definition) is 4. The number of aryl methyl sites for hydroxylation is 1. The average molecular weight is 326 g/mol. The van der Waals surface area contributed by atoms with Crippen molar-refractivity contribution in [2.75, 3.05) is 24.2 Å². The highest BCUT2D eigenvalue weighted by Gasteiger charge is 2.41. The van der Waals surface area contributed by atoms with E-state index in [0.29, 0.717) is 25.4 Å². The number of amides is 1. The van der Waals surface area contributed by atoms with E-state index in [1.54, 1.807) is 28.9 Å². The van der Waals surface area contributed by atoms with Gasteiger partial charge in [-0.05, 0) is 31.6 Å². The third-order valence-corrected chi connectivity index (χ3v) is 5.65. The molecule has 2 fully saturated rings. The molecule has 2 heterocycles. The van der Waals surface area contributed by atoms with Gasteiger partial charge in [-0.3, -0.25) is 14.4 Å². The van der Waals surface area contributed by atoms with Crippen LogP contribution in [0.5, 0.6) is 0 Å². The second kappa shape index (κ2) is 5.66. The molecule has 1 saturated carbocycles. The van der Waals surface area contributed by atoms with Crippen LogP contribution in [0.1, 0.15) is 25.7 Å². The summed E-state index contributed by atoms with van der Waals surface area (Å²) in [7, 11) is -1.61. The molecule has 1 saturated heterocycles. The fourth-order valence-corrected chi connectivity index (χ4v) is 4.17. The molecule has 0 bridgehead atoms. The predicted molar refractivity (Wildman–Crippen MR) is 82.9 cm³/mol. The van der Waals surface area contributed by atoms with Crippen molar-refractivity contribution >= 4 is 21.7 Å². The molecule has 2 aliphatic rings. The summed E-state index contributed by atoms with van der Waals surface area (Å²) in [5, 5.41) is 4.09. The van der Waals surface area contributed by atoms with Crippen LogP contribution in [-0.4, -0.2) is 53.8 Å². The van der Waals surface area contributed by atoms with Crippen LogP contribution in [0.15, 0.2) is 12.3 Å². The molecule has 1 amide bonds. The maximum absolute atomic E-state index is 12.8. The summed E-state index contributed by atoms with van der Waals surface area (Å²) in [4.78, 5) is 14.5. The van der Waals surface area contributed by atoms with E-state index in [9.17, 15) is 13.2 Å². The van der Waals surface area contributed by atoms with Crippen LogP contribution in [0.25, 0.3) is 0 Å². The Bertz CT molecular complexity index is 665. The lowest BCUT2D eigenvalue weighted by atomic mass is 10.0. The predicted octanol–water partition coefficient (Wildman–Crippen LogP) is 0.587.